The Balaban J connectivity index is 2.13. The molecule has 0 fully saturated rings. The Morgan fingerprint density at radius 1 is 1.32 bits per heavy atom. The van der Waals surface area contributed by atoms with Crippen LogP contribution in [0.15, 0.2) is 30.8 Å². The molecule has 1 rings (SSSR count). The molecule has 0 saturated heterocycles. The first-order valence-electron chi connectivity index (χ1n) is 7.13. The highest BCUT2D eigenvalue weighted by molar-refractivity contribution is 5.72. The number of carbonyl (C=O) groups is 2. The molecule has 0 spiro atoms. The summed E-state index contributed by atoms with van der Waals surface area (Å²) in [4.78, 5) is 22.0. The van der Waals surface area contributed by atoms with Crippen molar-refractivity contribution in [1.82, 2.24) is 5.32 Å². The van der Waals surface area contributed by atoms with Gasteiger partial charge in [0.05, 0.1) is 0 Å². The Morgan fingerprint density at radius 2 is 2.00 bits per heavy atom. The summed E-state index contributed by atoms with van der Waals surface area (Å²) in [5.74, 6) is -1.00. The first-order chi connectivity index (χ1) is 10.5. The quantitative estimate of drug-likeness (QED) is 0.607. The van der Waals surface area contributed by atoms with Crippen LogP contribution in [0, 0.1) is 0 Å². The lowest BCUT2D eigenvalue weighted by atomic mass is 10.1. The third-order valence-corrected chi connectivity index (χ3v) is 3.11. The van der Waals surface area contributed by atoms with Crippen LogP contribution in [0.3, 0.4) is 0 Å². The number of carboxylic acids is 1. The number of hydrogen-bond acceptors (Lipinski definition) is 4. The van der Waals surface area contributed by atoms with Gasteiger partial charge in [-0.2, -0.15) is 0 Å². The van der Waals surface area contributed by atoms with Gasteiger partial charge < -0.3 is 20.9 Å². The summed E-state index contributed by atoms with van der Waals surface area (Å²) in [5.41, 5.74) is 7.28. The lowest BCUT2D eigenvalue weighted by molar-refractivity contribution is -0.138. The van der Waals surface area contributed by atoms with Gasteiger partial charge in [-0.3, -0.25) is 4.79 Å². The largest absolute Gasteiger partial charge is 0.480 e. The Bertz CT molecular complexity index is 499. The van der Waals surface area contributed by atoms with Gasteiger partial charge in [0.1, 0.15) is 12.6 Å². The van der Waals surface area contributed by atoms with Gasteiger partial charge in [-0.05, 0) is 30.4 Å². The van der Waals surface area contributed by atoms with Gasteiger partial charge in [-0.25, -0.2) is 4.79 Å². The molecule has 0 aliphatic rings. The number of carboxylic acid groups (broad SMARTS) is 1. The number of hydrogen-bond donors (Lipinski definition) is 3. The second-order valence-corrected chi connectivity index (χ2v) is 4.89. The van der Waals surface area contributed by atoms with E-state index in [1.807, 2.05) is 24.3 Å². The van der Waals surface area contributed by atoms with E-state index in [-0.39, 0.29) is 6.61 Å². The number of benzene rings is 1. The molecule has 1 atom stereocenters. The Kier molecular flexibility index (Phi) is 7.70. The van der Waals surface area contributed by atoms with Crippen molar-refractivity contribution in [3.8, 4) is 0 Å². The Labute approximate surface area is 130 Å². The molecule has 0 unspecified atom stereocenters. The number of carbonyl (C=O) groups excluding carboxylic acids is 1. The predicted molar refractivity (Wildman–Crippen MR) is 84.2 cm³/mol. The fraction of sp³-hybridized carbons (Fsp3) is 0.375. The van der Waals surface area contributed by atoms with Crippen LogP contribution in [0.25, 0.3) is 6.08 Å². The molecule has 22 heavy (non-hydrogen) atoms. The average Bonchev–Trinajstić information content (AvgIpc) is 2.52. The molecule has 4 N–H and O–H groups in total. The number of rotatable bonds is 9. The maximum atomic E-state index is 11.5. The molecule has 0 aliphatic carbocycles. The maximum absolute atomic E-state index is 11.5. The van der Waals surface area contributed by atoms with Crippen molar-refractivity contribution in [3.63, 3.8) is 0 Å². The zero-order valence-corrected chi connectivity index (χ0v) is 12.5. The summed E-state index contributed by atoms with van der Waals surface area (Å²) >= 11 is 0. The Morgan fingerprint density at radius 3 is 2.59 bits per heavy atom. The van der Waals surface area contributed by atoms with E-state index in [9.17, 15) is 9.59 Å². The zero-order valence-electron chi connectivity index (χ0n) is 12.5. The monoisotopic (exact) mass is 306 g/mol. The first kappa shape index (κ1) is 17.7. The van der Waals surface area contributed by atoms with Crippen molar-refractivity contribution in [1.29, 1.82) is 0 Å². The summed E-state index contributed by atoms with van der Waals surface area (Å²) in [6.07, 6.45) is 2.94. The molecule has 1 aromatic carbocycles. The van der Waals surface area contributed by atoms with Crippen LogP contribution in [0.4, 0.5) is 4.79 Å². The second kappa shape index (κ2) is 9.57. The molecule has 6 nitrogen and oxygen atoms in total. The molecule has 6 heteroatoms. The van der Waals surface area contributed by atoms with Crippen LogP contribution >= 0.6 is 0 Å². The van der Waals surface area contributed by atoms with E-state index < -0.39 is 18.1 Å². The predicted octanol–water partition coefficient (Wildman–Crippen LogP) is 2.14. The Hall–Kier alpha value is -2.34. The van der Waals surface area contributed by atoms with Crippen molar-refractivity contribution in [2.75, 3.05) is 6.54 Å². The maximum Gasteiger partial charge on any atom is 0.407 e. The van der Waals surface area contributed by atoms with Crippen LogP contribution in [-0.4, -0.2) is 29.8 Å². The van der Waals surface area contributed by atoms with Gasteiger partial charge in [0, 0.05) is 6.54 Å². The molecule has 1 amide bonds. The number of aliphatic carboxylic acids is 1. The number of nitrogens with one attached hydrogen (secondary N) is 1. The average molecular weight is 306 g/mol. The minimum Gasteiger partial charge on any atom is -0.480 e. The smallest absolute Gasteiger partial charge is 0.407 e. The van der Waals surface area contributed by atoms with Gasteiger partial charge in [0.15, 0.2) is 0 Å². The molecule has 0 aliphatic heterocycles. The molecule has 0 bridgehead atoms. The van der Waals surface area contributed by atoms with Gasteiger partial charge >= 0.3 is 12.1 Å². The summed E-state index contributed by atoms with van der Waals surface area (Å²) in [6, 6.07) is 6.70. The van der Waals surface area contributed by atoms with Gasteiger partial charge in [0.25, 0.3) is 0 Å². The summed E-state index contributed by atoms with van der Waals surface area (Å²) in [6.45, 7) is 4.30. The molecule has 0 heterocycles. The molecule has 1 aromatic rings. The minimum atomic E-state index is -1.00. The number of amides is 1. The number of alkyl carbamates (subject to hydrolysis) is 1. The lowest BCUT2D eigenvalue weighted by Crippen LogP contribution is -2.30. The van der Waals surface area contributed by atoms with E-state index in [1.54, 1.807) is 6.08 Å². The highest BCUT2D eigenvalue weighted by Gasteiger charge is 2.10. The van der Waals surface area contributed by atoms with E-state index in [4.69, 9.17) is 15.6 Å². The lowest BCUT2D eigenvalue weighted by Gasteiger charge is -2.08. The third-order valence-electron chi connectivity index (χ3n) is 3.11. The standard InChI is InChI=1S/C16H22N2O4/c1-2-12-6-8-13(9-7-12)11-22-16(21)18-10-4-3-5-14(17)15(19)20/h2,6-9,14H,1,3-5,10-11,17H2,(H,18,21)(H,19,20)/t14-/m0/s1. The van der Waals surface area contributed by atoms with Crippen molar-refractivity contribution in [2.24, 2.45) is 5.73 Å². The summed E-state index contributed by atoms with van der Waals surface area (Å²) in [5, 5.41) is 11.2. The normalized spacial score (nSPS) is 11.5. The fourth-order valence-corrected chi connectivity index (χ4v) is 1.75. The van der Waals surface area contributed by atoms with Crippen molar-refractivity contribution < 1.29 is 19.4 Å². The van der Waals surface area contributed by atoms with Gasteiger partial charge in [0.2, 0.25) is 0 Å². The van der Waals surface area contributed by atoms with Crippen LogP contribution in [0.5, 0.6) is 0 Å². The van der Waals surface area contributed by atoms with Crippen molar-refractivity contribution >= 4 is 18.1 Å². The third kappa shape index (κ3) is 6.90. The molecule has 0 aromatic heterocycles. The molecular formula is C16H22N2O4. The van der Waals surface area contributed by atoms with Crippen LogP contribution in [0.1, 0.15) is 30.4 Å². The highest BCUT2D eigenvalue weighted by atomic mass is 16.5. The van der Waals surface area contributed by atoms with Crippen molar-refractivity contribution in [2.45, 2.75) is 31.9 Å². The number of unbranched alkanes of at least 4 members (excludes halogenated alkanes) is 1. The number of nitrogens with two attached hydrogens (primary N) is 1. The van der Waals surface area contributed by atoms with Gasteiger partial charge in [-0.15, -0.1) is 0 Å². The number of ether oxygens (including phenoxy) is 1. The first-order valence-corrected chi connectivity index (χ1v) is 7.13. The molecular weight excluding hydrogens is 284 g/mol. The van der Waals surface area contributed by atoms with E-state index in [2.05, 4.69) is 11.9 Å². The van der Waals surface area contributed by atoms with Crippen LogP contribution < -0.4 is 11.1 Å². The highest BCUT2D eigenvalue weighted by Crippen LogP contribution is 2.06. The molecule has 120 valence electrons. The van der Waals surface area contributed by atoms with Crippen LogP contribution in [0.2, 0.25) is 0 Å². The fourth-order valence-electron chi connectivity index (χ4n) is 1.75. The second-order valence-electron chi connectivity index (χ2n) is 4.89. The summed E-state index contributed by atoms with van der Waals surface area (Å²) in [7, 11) is 0. The van der Waals surface area contributed by atoms with E-state index in [1.165, 1.54) is 0 Å². The zero-order chi connectivity index (χ0) is 16.4. The van der Waals surface area contributed by atoms with E-state index in [0.29, 0.717) is 25.8 Å². The SMILES string of the molecule is C=Cc1ccc(COC(=O)NCCCC[C@H](N)C(=O)O)cc1. The van der Waals surface area contributed by atoms with E-state index >= 15 is 0 Å². The van der Waals surface area contributed by atoms with E-state index in [0.717, 1.165) is 11.1 Å². The topological polar surface area (TPSA) is 102 Å². The molecule has 0 radical (unpaired) electrons. The van der Waals surface area contributed by atoms with Gasteiger partial charge in [-0.1, -0.05) is 36.9 Å². The van der Waals surface area contributed by atoms with Crippen molar-refractivity contribution in [3.05, 3.63) is 42.0 Å². The summed E-state index contributed by atoms with van der Waals surface area (Å²) < 4.78 is 5.07. The van der Waals surface area contributed by atoms with Crippen LogP contribution in [-0.2, 0) is 16.1 Å². The minimum absolute atomic E-state index is 0.202. The molecule has 0 saturated carbocycles.